The molecule has 2 aromatic carbocycles. The van der Waals surface area contributed by atoms with Gasteiger partial charge >= 0.3 is 5.97 Å². The maximum atomic E-state index is 12.6. The number of amides is 1. The van der Waals surface area contributed by atoms with E-state index in [2.05, 4.69) is 21.2 Å². The third-order valence-electron chi connectivity index (χ3n) is 4.59. The predicted molar refractivity (Wildman–Crippen MR) is 118 cm³/mol. The second kappa shape index (κ2) is 10.9. The van der Waals surface area contributed by atoms with Gasteiger partial charge in [0.25, 0.3) is 5.91 Å². The Bertz CT molecular complexity index is 906. The van der Waals surface area contributed by atoms with Gasteiger partial charge in [0.15, 0.2) is 18.1 Å². The van der Waals surface area contributed by atoms with Gasteiger partial charge < -0.3 is 24.3 Å². The van der Waals surface area contributed by atoms with Crippen LogP contribution in [0.1, 0.15) is 35.3 Å². The number of nitrogens with one attached hydrogen (secondary N) is 1. The Balaban J connectivity index is 2.18. The van der Waals surface area contributed by atoms with Crippen molar-refractivity contribution in [3.63, 3.8) is 0 Å². The number of esters is 1. The minimum atomic E-state index is -0.698. The van der Waals surface area contributed by atoms with Crippen LogP contribution in [0.4, 0.5) is 5.69 Å². The molecule has 0 unspecified atom stereocenters. The number of ether oxygens (including phenoxy) is 4. The van der Waals surface area contributed by atoms with Gasteiger partial charge in [-0.05, 0) is 46.0 Å². The summed E-state index contributed by atoms with van der Waals surface area (Å²) >= 11 is 3.33. The highest BCUT2D eigenvalue weighted by Gasteiger charge is 2.24. The van der Waals surface area contributed by atoms with E-state index in [0.717, 1.165) is 29.7 Å². The minimum Gasteiger partial charge on any atom is -0.493 e. The van der Waals surface area contributed by atoms with Crippen LogP contribution in [-0.2, 0) is 22.4 Å². The third-order valence-corrected chi connectivity index (χ3v) is 5.37. The van der Waals surface area contributed by atoms with Crippen molar-refractivity contribution in [1.29, 1.82) is 0 Å². The van der Waals surface area contributed by atoms with Gasteiger partial charge in [0.2, 0.25) is 5.75 Å². The molecule has 7 nitrogen and oxygen atoms in total. The van der Waals surface area contributed by atoms with Gasteiger partial charge in [0.05, 0.1) is 31.4 Å². The number of benzene rings is 2. The van der Waals surface area contributed by atoms with Crippen molar-refractivity contribution in [1.82, 2.24) is 0 Å². The van der Waals surface area contributed by atoms with Gasteiger partial charge in [-0.2, -0.15) is 0 Å². The molecule has 8 heteroatoms. The smallest absolute Gasteiger partial charge is 0.340 e. The first-order valence-corrected chi connectivity index (χ1v) is 10.3. The van der Waals surface area contributed by atoms with Crippen LogP contribution in [0.15, 0.2) is 28.7 Å². The largest absolute Gasteiger partial charge is 0.493 e. The number of carbonyl (C=O) groups excluding carboxylic acids is 2. The fourth-order valence-corrected chi connectivity index (χ4v) is 3.68. The number of carbonyl (C=O) groups is 2. The van der Waals surface area contributed by atoms with Crippen molar-refractivity contribution < 1.29 is 28.5 Å². The van der Waals surface area contributed by atoms with E-state index in [1.54, 1.807) is 0 Å². The second-order valence-corrected chi connectivity index (χ2v) is 7.08. The van der Waals surface area contributed by atoms with Crippen LogP contribution in [0.2, 0.25) is 0 Å². The standard InChI is InChI=1S/C22H26BrNO6/c1-6-13-9-8-10-14(7-2)19(13)24-17(25)12-30-22(26)15-11-16(27-3)20(28-4)21(29-5)18(15)23/h8-11H,6-7,12H2,1-5H3,(H,24,25). The SMILES string of the molecule is CCc1cccc(CC)c1NC(=O)COC(=O)c1cc(OC)c(OC)c(OC)c1Br. The summed E-state index contributed by atoms with van der Waals surface area (Å²) in [5.74, 6) is -0.182. The van der Waals surface area contributed by atoms with Gasteiger partial charge in [0.1, 0.15) is 0 Å². The summed E-state index contributed by atoms with van der Waals surface area (Å²) in [7, 11) is 4.36. The molecular formula is C22H26BrNO6. The molecule has 30 heavy (non-hydrogen) atoms. The highest BCUT2D eigenvalue weighted by Crippen LogP contribution is 2.44. The lowest BCUT2D eigenvalue weighted by Crippen LogP contribution is -2.22. The summed E-state index contributed by atoms with van der Waals surface area (Å²) in [6.45, 7) is 3.61. The number of para-hydroxylation sites is 1. The molecule has 0 aliphatic heterocycles. The van der Waals surface area contributed by atoms with Gasteiger partial charge in [-0.1, -0.05) is 32.0 Å². The van der Waals surface area contributed by atoms with Gasteiger partial charge in [0, 0.05) is 5.69 Å². The van der Waals surface area contributed by atoms with Crippen molar-refractivity contribution in [2.45, 2.75) is 26.7 Å². The molecule has 0 saturated heterocycles. The summed E-state index contributed by atoms with van der Waals surface area (Å²) < 4.78 is 21.4. The Labute approximate surface area is 184 Å². The lowest BCUT2D eigenvalue weighted by Gasteiger charge is -2.17. The number of hydrogen-bond acceptors (Lipinski definition) is 6. The van der Waals surface area contributed by atoms with Crippen LogP contribution in [0.25, 0.3) is 0 Å². The zero-order valence-corrected chi connectivity index (χ0v) is 19.3. The molecule has 0 radical (unpaired) electrons. The average molecular weight is 480 g/mol. The zero-order chi connectivity index (χ0) is 22.3. The highest BCUT2D eigenvalue weighted by molar-refractivity contribution is 9.10. The number of methoxy groups -OCH3 is 3. The molecule has 1 amide bonds. The molecular weight excluding hydrogens is 454 g/mol. The van der Waals surface area contributed by atoms with E-state index >= 15 is 0 Å². The molecule has 2 rings (SSSR count). The summed E-state index contributed by atoms with van der Waals surface area (Å²) in [6.07, 6.45) is 1.56. The first-order chi connectivity index (χ1) is 14.4. The Hall–Kier alpha value is -2.74. The van der Waals surface area contributed by atoms with Gasteiger partial charge in [-0.15, -0.1) is 0 Å². The topological polar surface area (TPSA) is 83.1 Å². The van der Waals surface area contributed by atoms with Crippen molar-refractivity contribution >= 4 is 33.5 Å². The van der Waals surface area contributed by atoms with Crippen LogP contribution in [0, 0.1) is 0 Å². The van der Waals surface area contributed by atoms with Crippen molar-refractivity contribution in [3.05, 3.63) is 45.4 Å². The fraction of sp³-hybridized carbons (Fsp3) is 0.364. The van der Waals surface area contributed by atoms with Crippen LogP contribution < -0.4 is 19.5 Å². The van der Waals surface area contributed by atoms with E-state index in [-0.39, 0.29) is 11.3 Å². The lowest BCUT2D eigenvalue weighted by molar-refractivity contribution is -0.119. The van der Waals surface area contributed by atoms with E-state index in [1.807, 2.05) is 32.0 Å². The van der Waals surface area contributed by atoms with Crippen molar-refractivity contribution in [2.24, 2.45) is 0 Å². The number of halogens is 1. The first-order valence-electron chi connectivity index (χ1n) is 9.47. The quantitative estimate of drug-likeness (QED) is 0.536. The average Bonchev–Trinajstić information content (AvgIpc) is 2.76. The molecule has 0 heterocycles. The molecule has 0 saturated carbocycles. The van der Waals surface area contributed by atoms with Crippen molar-refractivity contribution in [3.8, 4) is 17.2 Å². The van der Waals surface area contributed by atoms with E-state index in [4.69, 9.17) is 18.9 Å². The number of anilines is 1. The van der Waals surface area contributed by atoms with Crippen molar-refractivity contribution in [2.75, 3.05) is 33.3 Å². The Morgan fingerprint density at radius 1 is 0.967 bits per heavy atom. The van der Waals surface area contributed by atoms with E-state index in [0.29, 0.717) is 16.0 Å². The van der Waals surface area contributed by atoms with E-state index in [1.165, 1.54) is 27.4 Å². The maximum absolute atomic E-state index is 12.6. The second-order valence-electron chi connectivity index (χ2n) is 6.29. The molecule has 0 aromatic heterocycles. The molecule has 1 N–H and O–H groups in total. The number of aryl methyl sites for hydroxylation is 2. The van der Waals surface area contributed by atoms with Crippen LogP contribution in [0.3, 0.4) is 0 Å². The molecule has 2 aromatic rings. The number of hydrogen-bond donors (Lipinski definition) is 1. The summed E-state index contributed by atoms with van der Waals surface area (Å²) in [6, 6.07) is 7.37. The Kier molecular flexibility index (Phi) is 8.53. The predicted octanol–water partition coefficient (Wildman–Crippen LogP) is 4.40. The van der Waals surface area contributed by atoms with E-state index in [9.17, 15) is 9.59 Å². The lowest BCUT2D eigenvalue weighted by atomic mass is 10.0. The maximum Gasteiger partial charge on any atom is 0.340 e. The molecule has 0 aliphatic rings. The molecule has 0 spiro atoms. The Morgan fingerprint density at radius 2 is 1.57 bits per heavy atom. The summed E-state index contributed by atoms with van der Waals surface area (Å²) in [4.78, 5) is 25.1. The van der Waals surface area contributed by atoms with E-state index < -0.39 is 18.5 Å². The minimum absolute atomic E-state index is 0.153. The van der Waals surface area contributed by atoms with Crippen LogP contribution in [0.5, 0.6) is 17.2 Å². The zero-order valence-electron chi connectivity index (χ0n) is 17.8. The molecule has 0 bridgehead atoms. The van der Waals surface area contributed by atoms with Gasteiger partial charge in [-0.3, -0.25) is 4.79 Å². The normalized spacial score (nSPS) is 10.3. The third kappa shape index (κ3) is 5.05. The summed E-state index contributed by atoms with van der Waals surface area (Å²) in [5, 5.41) is 2.87. The highest BCUT2D eigenvalue weighted by atomic mass is 79.9. The fourth-order valence-electron chi connectivity index (χ4n) is 3.06. The van der Waals surface area contributed by atoms with Crippen LogP contribution >= 0.6 is 15.9 Å². The number of rotatable bonds is 9. The first kappa shape index (κ1) is 23.5. The molecule has 0 aliphatic carbocycles. The van der Waals surface area contributed by atoms with Crippen LogP contribution in [-0.4, -0.2) is 39.8 Å². The monoisotopic (exact) mass is 479 g/mol. The Morgan fingerprint density at radius 3 is 2.07 bits per heavy atom. The summed E-state index contributed by atoms with van der Waals surface area (Å²) in [5.41, 5.74) is 2.99. The molecule has 0 fully saturated rings. The molecule has 162 valence electrons. The molecule has 0 atom stereocenters. The van der Waals surface area contributed by atoms with Gasteiger partial charge in [-0.25, -0.2) is 4.79 Å².